The first-order valence-electron chi connectivity index (χ1n) is 6.24. The molecule has 0 aliphatic heterocycles. The van der Waals surface area contributed by atoms with Crippen molar-refractivity contribution in [1.29, 1.82) is 5.26 Å². The minimum absolute atomic E-state index is 0.333. The van der Waals surface area contributed by atoms with Gasteiger partial charge >= 0.3 is 0 Å². The monoisotopic (exact) mass is 255 g/mol. The molecule has 0 saturated carbocycles. The molecule has 1 aromatic heterocycles. The van der Waals surface area contributed by atoms with Gasteiger partial charge in [-0.2, -0.15) is 5.26 Å². The van der Waals surface area contributed by atoms with Crippen LogP contribution < -0.4 is 4.74 Å². The smallest absolute Gasteiger partial charge is 0.141 e. The lowest BCUT2D eigenvalue weighted by molar-refractivity contribution is 0.416. The number of H-pyrrole nitrogens is 1. The van der Waals surface area contributed by atoms with E-state index >= 15 is 0 Å². The van der Waals surface area contributed by atoms with Crippen molar-refractivity contribution in [2.24, 2.45) is 0 Å². The second kappa shape index (κ2) is 5.57. The summed E-state index contributed by atoms with van der Waals surface area (Å²) in [5.74, 6) is 1.96. The van der Waals surface area contributed by atoms with Crippen molar-refractivity contribution in [3.8, 4) is 23.2 Å². The summed E-state index contributed by atoms with van der Waals surface area (Å²) in [4.78, 5) is 7.49. The van der Waals surface area contributed by atoms with E-state index in [2.05, 4.69) is 42.0 Å². The van der Waals surface area contributed by atoms with Crippen LogP contribution in [0, 0.1) is 11.3 Å². The second-order valence-electron chi connectivity index (χ2n) is 4.71. The van der Waals surface area contributed by atoms with Gasteiger partial charge in [-0.3, -0.25) is 0 Å². The van der Waals surface area contributed by atoms with Crippen molar-refractivity contribution in [1.82, 2.24) is 9.97 Å². The number of nitrogens with one attached hydrogen (secondary N) is 1. The summed E-state index contributed by atoms with van der Waals surface area (Å²) in [5.41, 5.74) is 2.97. The topological polar surface area (TPSA) is 61.7 Å². The molecule has 4 heteroatoms. The van der Waals surface area contributed by atoms with Crippen LogP contribution in [0.5, 0.6) is 5.75 Å². The van der Waals surface area contributed by atoms with E-state index < -0.39 is 0 Å². The van der Waals surface area contributed by atoms with Crippen LogP contribution in [0.25, 0.3) is 11.4 Å². The predicted octanol–water partition coefficient (Wildman–Crippen LogP) is 3.27. The Morgan fingerprint density at radius 1 is 1.42 bits per heavy atom. The van der Waals surface area contributed by atoms with Crippen LogP contribution in [0.4, 0.5) is 0 Å². The molecule has 1 heterocycles. The highest BCUT2D eigenvalue weighted by molar-refractivity contribution is 5.65. The lowest BCUT2D eigenvalue weighted by Gasteiger charge is -2.11. The fraction of sp³-hybridized carbons (Fsp3) is 0.333. The Hall–Kier alpha value is -2.28. The first kappa shape index (κ1) is 13.2. The van der Waals surface area contributed by atoms with Crippen molar-refractivity contribution in [3.63, 3.8) is 0 Å². The number of imidazole rings is 1. The molecule has 0 radical (unpaired) electrons. The minimum Gasteiger partial charge on any atom is -0.496 e. The van der Waals surface area contributed by atoms with E-state index in [0.717, 1.165) is 22.8 Å². The van der Waals surface area contributed by atoms with Crippen LogP contribution in [-0.2, 0) is 6.42 Å². The molecule has 0 aliphatic rings. The Labute approximate surface area is 113 Å². The number of aromatic amines is 1. The molecule has 4 nitrogen and oxygen atoms in total. The average molecular weight is 255 g/mol. The zero-order valence-electron chi connectivity index (χ0n) is 11.4. The van der Waals surface area contributed by atoms with E-state index in [0.29, 0.717) is 12.3 Å². The van der Waals surface area contributed by atoms with E-state index in [4.69, 9.17) is 10.00 Å². The lowest BCUT2D eigenvalue weighted by atomic mass is 10.00. The predicted molar refractivity (Wildman–Crippen MR) is 74.0 cm³/mol. The molecule has 0 saturated heterocycles. The molecule has 1 N–H and O–H groups in total. The maximum Gasteiger partial charge on any atom is 0.141 e. The highest BCUT2D eigenvalue weighted by Gasteiger charge is 2.12. The Morgan fingerprint density at radius 2 is 2.21 bits per heavy atom. The van der Waals surface area contributed by atoms with Gasteiger partial charge < -0.3 is 9.72 Å². The lowest BCUT2D eigenvalue weighted by Crippen LogP contribution is -1.94. The molecule has 98 valence electrons. The van der Waals surface area contributed by atoms with Crippen molar-refractivity contribution in [2.75, 3.05) is 7.11 Å². The summed E-state index contributed by atoms with van der Waals surface area (Å²) in [6, 6.07) is 8.20. The standard InChI is InChI=1S/C15H17N3O/c1-10(2)11-4-5-14(19-3)13(8-11)15-17-9-12(18-15)6-7-16/h4-5,8-10H,6H2,1-3H3,(H,17,18). The molecule has 2 rings (SSSR count). The van der Waals surface area contributed by atoms with E-state index in [-0.39, 0.29) is 0 Å². The number of rotatable bonds is 4. The van der Waals surface area contributed by atoms with Gasteiger partial charge in [-0.15, -0.1) is 0 Å². The van der Waals surface area contributed by atoms with E-state index in [1.54, 1.807) is 13.3 Å². The molecule has 0 bridgehead atoms. The van der Waals surface area contributed by atoms with Crippen LogP contribution in [0.2, 0.25) is 0 Å². The summed E-state index contributed by atoms with van der Waals surface area (Å²) in [7, 11) is 1.65. The number of ether oxygens (including phenoxy) is 1. The zero-order valence-corrected chi connectivity index (χ0v) is 11.4. The molecule has 0 spiro atoms. The molecule has 19 heavy (non-hydrogen) atoms. The Kier molecular flexibility index (Phi) is 3.86. The third kappa shape index (κ3) is 2.76. The van der Waals surface area contributed by atoms with Crippen LogP contribution in [0.1, 0.15) is 31.0 Å². The SMILES string of the molecule is COc1ccc(C(C)C)cc1-c1ncc(CC#N)[nH]1. The summed E-state index contributed by atoms with van der Waals surface area (Å²) in [5, 5.41) is 8.69. The van der Waals surface area contributed by atoms with Gasteiger partial charge in [0, 0.05) is 11.9 Å². The molecular weight excluding hydrogens is 238 g/mol. The van der Waals surface area contributed by atoms with E-state index in [1.165, 1.54) is 5.56 Å². The Bertz CT molecular complexity index is 608. The van der Waals surface area contributed by atoms with Crippen molar-refractivity contribution in [3.05, 3.63) is 35.7 Å². The molecule has 0 aliphatic carbocycles. The number of methoxy groups -OCH3 is 1. The van der Waals surface area contributed by atoms with E-state index in [9.17, 15) is 0 Å². The van der Waals surface area contributed by atoms with Crippen LogP contribution >= 0.6 is 0 Å². The quantitative estimate of drug-likeness (QED) is 0.912. The normalized spacial score (nSPS) is 10.5. The zero-order chi connectivity index (χ0) is 13.8. The largest absolute Gasteiger partial charge is 0.496 e. The van der Waals surface area contributed by atoms with E-state index in [1.807, 2.05) is 6.07 Å². The van der Waals surface area contributed by atoms with Crippen molar-refractivity contribution < 1.29 is 4.74 Å². The molecule has 0 atom stereocenters. The number of benzene rings is 1. The van der Waals surface area contributed by atoms with Gasteiger partial charge in [0.1, 0.15) is 11.6 Å². The maximum atomic E-state index is 8.69. The van der Waals surface area contributed by atoms with Crippen LogP contribution in [0.15, 0.2) is 24.4 Å². The van der Waals surface area contributed by atoms with Crippen molar-refractivity contribution in [2.45, 2.75) is 26.2 Å². The fourth-order valence-electron chi connectivity index (χ4n) is 1.94. The van der Waals surface area contributed by atoms with Gasteiger partial charge in [0.2, 0.25) is 0 Å². The van der Waals surface area contributed by atoms with Gasteiger partial charge in [0.15, 0.2) is 0 Å². The molecule has 2 aromatic rings. The fourth-order valence-corrected chi connectivity index (χ4v) is 1.94. The van der Waals surface area contributed by atoms with Gasteiger partial charge in [-0.1, -0.05) is 19.9 Å². The number of nitriles is 1. The number of nitrogens with zero attached hydrogens (tertiary/aromatic N) is 2. The highest BCUT2D eigenvalue weighted by Crippen LogP contribution is 2.31. The number of aromatic nitrogens is 2. The van der Waals surface area contributed by atoms with Gasteiger partial charge in [0.25, 0.3) is 0 Å². The summed E-state index contributed by atoms with van der Waals surface area (Å²) in [6.07, 6.45) is 2.03. The second-order valence-corrected chi connectivity index (χ2v) is 4.71. The average Bonchev–Trinajstić information content (AvgIpc) is 2.87. The first-order chi connectivity index (χ1) is 9.15. The summed E-state index contributed by atoms with van der Waals surface area (Å²) in [6.45, 7) is 4.30. The van der Waals surface area contributed by atoms with Crippen LogP contribution in [-0.4, -0.2) is 17.1 Å². The number of hydrogen-bond donors (Lipinski definition) is 1. The minimum atomic E-state index is 0.333. The summed E-state index contributed by atoms with van der Waals surface area (Å²) >= 11 is 0. The van der Waals surface area contributed by atoms with Gasteiger partial charge in [0.05, 0.1) is 25.2 Å². The molecule has 1 aromatic carbocycles. The van der Waals surface area contributed by atoms with Gasteiger partial charge in [-0.25, -0.2) is 4.98 Å². The first-order valence-corrected chi connectivity index (χ1v) is 6.24. The third-order valence-electron chi connectivity index (χ3n) is 3.04. The number of hydrogen-bond acceptors (Lipinski definition) is 3. The maximum absolute atomic E-state index is 8.69. The molecule has 0 unspecified atom stereocenters. The highest BCUT2D eigenvalue weighted by atomic mass is 16.5. The molecule has 0 amide bonds. The summed E-state index contributed by atoms with van der Waals surface area (Å²) < 4.78 is 5.38. The Morgan fingerprint density at radius 3 is 2.84 bits per heavy atom. The Balaban J connectivity index is 2.46. The van der Waals surface area contributed by atoms with Gasteiger partial charge in [-0.05, 0) is 23.6 Å². The molecule has 0 fully saturated rings. The van der Waals surface area contributed by atoms with Crippen molar-refractivity contribution >= 4 is 0 Å². The van der Waals surface area contributed by atoms with Crippen LogP contribution in [0.3, 0.4) is 0 Å². The molecular formula is C15H17N3O. The third-order valence-corrected chi connectivity index (χ3v) is 3.04.